The Hall–Kier alpha value is -3.88. The summed E-state index contributed by atoms with van der Waals surface area (Å²) in [7, 11) is -1.02. The maximum Gasteiger partial charge on any atom is 0.156 e. The Kier molecular flexibility index (Phi) is 4.71. The fourth-order valence-electron chi connectivity index (χ4n) is 4.68. The quantitative estimate of drug-likeness (QED) is 0.364. The number of rotatable bonds is 4. The molecule has 0 bridgehead atoms. The van der Waals surface area contributed by atoms with E-state index in [-0.39, 0.29) is 0 Å². The normalized spacial score (nSPS) is 12.2. The number of benzene rings is 5. The summed E-state index contributed by atoms with van der Waals surface area (Å²) in [6.07, 6.45) is 0. The first-order valence-electron chi connectivity index (χ1n) is 11.0. The van der Waals surface area contributed by atoms with Crippen LogP contribution in [0.25, 0.3) is 22.3 Å². The summed E-state index contributed by atoms with van der Waals surface area (Å²) >= 11 is 0. The highest BCUT2D eigenvalue weighted by atomic mass is 28.3. The zero-order valence-corrected chi connectivity index (χ0v) is 18.6. The summed E-state index contributed by atoms with van der Waals surface area (Å²) in [6.45, 7) is 0. The van der Waals surface area contributed by atoms with Gasteiger partial charge in [-0.1, -0.05) is 114 Å². The number of fused-ring (bicyclic) bond motifs is 3. The molecule has 0 atom stereocenters. The van der Waals surface area contributed by atoms with Crippen molar-refractivity contribution in [2.45, 2.75) is 0 Å². The van der Waals surface area contributed by atoms with Crippen molar-refractivity contribution in [3.8, 4) is 22.3 Å². The maximum atomic E-state index is 3.72. The van der Waals surface area contributed by atoms with Crippen LogP contribution in [-0.4, -0.2) is 8.80 Å². The molecule has 0 amide bonds. The highest BCUT2D eigenvalue weighted by Crippen LogP contribution is 2.31. The van der Waals surface area contributed by atoms with Crippen molar-refractivity contribution in [1.82, 2.24) is 0 Å². The molecule has 1 nitrogen and oxygen atoms in total. The molecular weight excluding hydrogens is 402 g/mol. The van der Waals surface area contributed by atoms with Gasteiger partial charge in [0.1, 0.15) is 0 Å². The van der Waals surface area contributed by atoms with Crippen molar-refractivity contribution in [3.05, 3.63) is 127 Å². The first-order valence-corrected chi connectivity index (χ1v) is 12.5. The van der Waals surface area contributed by atoms with Crippen molar-refractivity contribution in [2.75, 3.05) is 5.32 Å². The summed E-state index contributed by atoms with van der Waals surface area (Å²) in [5.41, 5.74) is 7.46. The molecule has 0 aromatic heterocycles. The highest BCUT2D eigenvalue weighted by molar-refractivity contribution is 6.99. The van der Waals surface area contributed by atoms with E-state index in [9.17, 15) is 0 Å². The molecule has 32 heavy (non-hydrogen) atoms. The van der Waals surface area contributed by atoms with Crippen LogP contribution in [0.2, 0.25) is 0 Å². The molecule has 0 unspecified atom stereocenters. The van der Waals surface area contributed by atoms with Gasteiger partial charge in [-0.15, -0.1) is 0 Å². The van der Waals surface area contributed by atoms with E-state index >= 15 is 0 Å². The Bertz CT molecular complexity index is 1390. The van der Waals surface area contributed by atoms with Crippen LogP contribution < -0.4 is 20.9 Å². The minimum atomic E-state index is -1.02. The summed E-state index contributed by atoms with van der Waals surface area (Å²) in [4.78, 5) is 0. The van der Waals surface area contributed by atoms with Crippen molar-refractivity contribution in [3.63, 3.8) is 0 Å². The van der Waals surface area contributed by atoms with Crippen LogP contribution in [0, 0.1) is 0 Å². The van der Waals surface area contributed by atoms with Crippen molar-refractivity contribution in [1.29, 1.82) is 0 Å². The number of nitrogens with one attached hydrogen (secondary N) is 1. The zero-order valence-electron chi connectivity index (χ0n) is 17.6. The molecular formula is C30H22NSi. The topological polar surface area (TPSA) is 12.0 Å². The van der Waals surface area contributed by atoms with Crippen LogP contribution in [-0.2, 0) is 0 Å². The molecule has 1 N–H and O–H groups in total. The van der Waals surface area contributed by atoms with Gasteiger partial charge in [-0.25, -0.2) is 0 Å². The predicted molar refractivity (Wildman–Crippen MR) is 138 cm³/mol. The average molecular weight is 425 g/mol. The van der Waals surface area contributed by atoms with Gasteiger partial charge in [0.2, 0.25) is 0 Å². The van der Waals surface area contributed by atoms with E-state index < -0.39 is 8.80 Å². The van der Waals surface area contributed by atoms with Crippen LogP contribution in [0.15, 0.2) is 127 Å². The largest absolute Gasteiger partial charge is 0.355 e. The molecule has 2 heteroatoms. The summed E-state index contributed by atoms with van der Waals surface area (Å²) in [6, 6.07) is 45.9. The monoisotopic (exact) mass is 424 g/mol. The van der Waals surface area contributed by atoms with E-state index in [2.05, 4.69) is 133 Å². The molecule has 5 aromatic rings. The van der Waals surface area contributed by atoms with E-state index in [0.717, 1.165) is 11.4 Å². The molecule has 1 aliphatic heterocycles. The average Bonchev–Trinajstić information content (AvgIpc) is 3.19. The summed E-state index contributed by atoms with van der Waals surface area (Å²) in [5, 5.41) is 8.10. The number of anilines is 2. The number of hydrogen-bond donors (Lipinski definition) is 1. The van der Waals surface area contributed by atoms with Crippen molar-refractivity contribution < 1.29 is 0 Å². The molecule has 0 aliphatic carbocycles. The predicted octanol–water partition coefficient (Wildman–Crippen LogP) is 5.59. The van der Waals surface area contributed by atoms with E-state index in [1.54, 1.807) is 0 Å². The van der Waals surface area contributed by atoms with Gasteiger partial charge in [0.25, 0.3) is 0 Å². The minimum absolute atomic E-state index is 1.02. The van der Waals surface area contributed by atoms with Gasteiger partial charge in [0, 0.05) is 16.9 Å². The third kappa shape index (κ3) is 3.26. The fraction of sp³-hybridized carbons (Fsp3) is 0. The summed E-state index contributed by atoms with van der Waals surface area (Å²) in [5.74, 6) is 0. The molecule has 0 fully saturated rings. The lowest BCUT2D eigenvalue weighted by molar-refractivity contribution is 1.54. The Morgan fingerprint density at radius 1 is 0.469 bits per heavy atom. The van der Waals surface area contributed by atoms with E-state index in [1.807, 2.05) is 0 Å². The molecule has 1 radical (unpaired) electrons. The van der Waals surface area contributed by atoms with E-state index in [1.165, 1.54) is 37.8 Å². The van der Waals surface area contributed by atoms with Gasteiger partial charge in [0.05, 0.1) is 0 Å². The van der Waals surface area contributed by atoms with Crippen LogP contribution in [0.3, 0.4) is 0 Å². The lowest BCUT2D eigenvalue weighted by atomic mass is 10.0. The van der Waals surface area contributed by atoms with Crippen LogP contribution in [0.4, 0.5) is 11.4 Å². The second kappa shape index (κ2) is 7.99. The summed E-state index contributed by atoms with van der Waals surface area (Å²) < 4.78 is 0. The number of hydrogen-bond acceptors (Lipinski definition) is 1. The zero-order chi connectivity index (χ0) is 21.3. The molecule has 151 valence electrons. The Morgan fingerprint density at radius 3 is 1.91 bits per heavy atom. The lowest BCUT2D eigenvalue weighted by Crippen LogP contribution is -2.48. The van der Waals surface area contributed by atoms with Gasteiger partial charge >= 0.3 is 0 Å². The third-order valence-electron chi connectivity index (χ3n) is 6.13. The van der Waals surface area contributed by atoms with Crippen LogP contribution in [0.5, 0.6) is 0 Å². The first kappa shape index (κ1) is 18.9. The standard InChI is InChI=1S/C30H22NSi/c1-3-11-22(12-4-1)25-15-7-9-17-28(25)31-23-19-20-27-26-16-8-10-18-29(26)32(30(27)21-23)24-13-5-2-6-14-24/h1-21,31H. The Balaban J connectivity index is 1.43. The van der Waals surface area contributed by atoms with Gasteiger partial charge < -0.3 is 5.32 Å². The van der Waals surface area contributed by atoms with Gasteiger partial charge in [0.15, 0.2) is 8.80 Å². The van der Waals surface area contributed by atoms with Gasteiger partial charge in [-0.3, -0.25) is 0 Å². The number of para-hydroxylation sites is 1. The molecule has 5 aromatic carbocycles. The SMILES string of the molecule is c1ccc(-c2ccccc2Nc2ccc3c(c2)[Si](c2ccccc2)c2ccccc2-3)cc1. The van der Waals surface area contributed by atoms with Crippen LogP contribution >= 0.6 is 0 Å². The molecule has 1 aliphatic rings. The molecule has 6 rings (SSSR count). The highest BCUT2D eigenvalue weighted by Gasteiger charge is 2.31. The molecule has 0 saturated carbocycles. The first-order chi connectivity index (χ1) is 15.9. The smallest absolute Gasteiger partial charge is 0.156 e. The van der Waals surface area contributed by atoms with E-state index in [0.29, 0.717) is 0 Å². The molecule has 0 saturated heterocycles. The second-order valence-corrected chi connectivity index (χ2v) is 10.5. The third-order valence-corrected chi connectivity index (χ3v) is 8.97. The Labute approximate surface area is 190 Å². The molecule has 1 heterocycles. The van der Waals surface area contributed by atoms with Gasteiger partial charge in [-0.05, 0) is 45.3 Å². The maximum absolute atomic E-state index is 3.72. The van der Waals surface area contributed by atoms with Gasteiger partial charge in [-0.2, -0.15) is 0 Å². The van der Waals surface area contributed by atoms with Crippen molar-refractivity contribution >= 4 is 35.7 Å². The van der Waals surface area contributed by atoms with Crippen LogP contribution in [0.1, 0.15) is 0 Å². The Morgan fingerprint density at radius 2 is 1.09 bits per heavy atom. The molecule has 0 spiro atoms. The lowest BCUT2D eigenvalue weighted by Gasteiger charge is -2.15. The minimum Gasteiger partial charge on any atom is -0.355 e. The fourth-order valence-corrected chi connectivity index (χ4v) is 7.65. The van der Waals surface area contributed by atoms with Crippen molar-refractivity contribution in [2.24, 2.45) is 0 Å². The van der Waals surface area contributed by atoms with E-state index in [4.69, 9.17) is 0 Å². The second-order valence-electron chi connectivity index (χ2n) is 8.08.